The molecule has 0 bridgehead atoms. The molecule has 0 radical (unpaired) electrons. The highest BCUT2D eigenvalue weighted by molar-refractivity contribution is 5.87. The molecule has 7 aromatic rings. The van der Waals surface area contributed by atoms with Crippen LogP contribution in [0.25, 0.3) is 44.5 Å². The smallest absolute Gasteiger partial charge is 0.0467 e. The van der Waals surface area contributed by atoms with Crippen molar-refractivity contribution in [3.63, 3.8) is 0 Å². The molecule has 0 N–H and O–H groups in total. The van der Waals surface area contributed by atoms with E-state index in [4.69, 9.17) is 0 Å². The molecule has 0 aliphatic heterocycles. The number of anilines is 3. The van der Waals surface area contributed by atoms with Gasteiger partial charge in [-0.2, -0.15) is 0 Å². The number of hydrogen-bond acceptors (Lipinski definition) is 1. The first kappa shape index (κ1) is 27.9. The summed E-state index contributed by atoms with van der Waals surface area (Å²) in [6, 6.07) is 63.8. The van der Waals surface area contributed by atoms with Gasteiger partial charge in [-0.05, 0) is 92.0 Å². The lowest BCUT2D eigenvalue weighted by Crippen LogP contribution is -2.16. The molecule has 7 aromatic carbocycles. The maximum atomic E-state index is 2.40. The zero-order valence-corrected chi connectivity index (χ0v) is 26.2. The van der Waals surface area contributed by atoms with Gasteiger partial charge >= 0.3 is 0 Å². The Balaban J connectivity index is 1.22. The topological polar surface area (TPSA) is 3.24 Å². The van der Waals surface area contributed by atoms with E-state index >= 15 is 0 Å². The quantitative estimate of drug-likeness (QED) is 0.186. The first-order valence-corrected chi connectivity index (χ1v) is 16.0. The average molecular weight is 590 g/mol. The number of nitrogens with zero attached hydrogens (tertiary/aromatic N) is 1. The summed E-state index contributed by atoms with van der Waals surface area (Å²) in [5, 5.41) is 0. The predicted molar refractivity (Wildman–Crippen MR) is 195 cm³/mol. The SMILES string of the molecule is CC1(C)c2ccccc2-c2ccc(N(c3ccc(-c4ccccc4)cc3)c3cccc(-c4ccc(-c5ccccc5)cc4)c3)cc21. The minimum absolute atomic E-state index is 0.0763. The molecule has 0 saturated heterocycles. The normalized spacial score (nSPS) is 12.7. The van der Waals surface area contributed by atoms with E-state index in [1.165, 1.54) is 55.6 Å². The van der Waals surface area contributed by atoms with Crippen LogP contribution in [0.3, 0.4) is 0 Å². The van der Waals surface area contributed by atoms with Gasteiger partial charge in [-0.25, -0.2) is 0 Å². The monoisotopic (exact) mass is 589 g/mol. The molecule has 0 spiro atoms. The lowest BCUT2D eigenvalue weighted by molar-refractivity contribution is 0.660. The first-order valence-electron chi connectivity index (χ1n) is 16.0. The summed E-state index contributed by atoms with van der Waals surface area (Å²) in [5.41, 5.74) is 16.0. The zero-order chi connectivity index (χ0) is 31.1. The highest BCUT2D eigenvalue weighted by Gasteiger charge is 2.35. The lowest BCUT2D eigenvalue weighted by atomic mass is 9.82. The molecule has 220 valence electrons. The summed E-state index contributed by atoms with van der Waals surface area (Å²) >= 11 is 0. The standard InChI is InChI=1S/C45H35N/c1-45(2)43-19-10-9-18-41(43)42-29-28-40(31-44(42)45)46(38-26-24-35(25-27-38)33-14-7-4-8-15-33)39-17-11-16-37(30-39)36-22-20-34(21-23-36)32-12-5-3-6-13-32/h3-31H,1-2H3. The van der Waals surface area contributed by atoms with Crippen molar-refractivity contribution >= 4 is 17.1 Å². The van der Waals surface area contributed by atoms with E-state index in [0.29, 0.717) is 0 Å². The Labute approximate surface area is 272 Å². The molecular formula is C45H35N. The van der Waals surface area contributed by atoms with Gasteiger partial charge < -0.3 is 4.90 Å². The molecule has 1 nitrogen and oxygen atoms in total. The number of rotatable bonds is 6. The molecule has 0 aromatic heterocycles. The number of hydrogen-bond donors (Lipinski definition) is 0. The van der Waals surface area contributed by atoms with Crippen LogP contribution in [-0.2, 0) is 5.41 Å². The second kappa shape index (κ2) is 11.4. The van der Waals surface area contributed by atoms with Crippen LogP contribution in [0.4, 0.5) is 17.1 Å². The van der Waals surface area contributed by atoms with Gasteiger partial charge in [0.2, 0.25) is 0 Å². The van der Waals surface area contributed by atoms with Gasteiger partial charge in [0, 0.05) is 22.5 Å². The minimum Gasteiger partial charge on any atom is -0.310 e. The van der Waals surface area contributed by atoms with Gasteiger partial charge in [0.05, 0.1) is 0 Å². The summed E-state index contributed by atoms with van der Waals surface area (Å²) in [5.74, 6) is 0. The van der Waals surface area contributed by atoms with Crippen molar-refractivity contribution in [2.45, 2.75) is 19.3 Å². The van der Waals surface area contributed by atoms with Crippen molar-refractivity contribution in [3.05, 3.63) is 187 Å². The summed E-state index contributed by atoms with van der Waals surface area (Å²) in [6.45, 7) is 4.69. The molecule has 0 atom stereocenters. The van der Waals surface area contributed by atoms with Crippen LogP contribution in [0, 0.1) is 0 Å². The second-order valence-corrected chi connectivity index (χ2v) is 12.6. The maximum absolute atomic E-state index is 2.40. The first-order chi connectivity index (χ1) is 22.6. The summed E-state index contributed by atoms with van der Waals surface area (Å²) < 4.78 is 0. The maximum Gasteiger partial charge on any atom is 0.0467 e. The summed E-state index contributed by atoms with van der Waals surface area (Å²) in [7, 11) is 0. The number of benzene rings is 7. The Morgan fingerprint density at radius 1 is 0.326 bits per heavy atom. The molecule has 1 aliphatic rings. The van der Waals surface area contributed by atoms with Crippen molar-refractivity contribution in [3.8, 4) is 44.5 Å². The van der Waals surface area contributed by atoms with Crippen molar-refractivity contribution in [1.82, 2.24) is 0 Å². The van der Waals surface area contributed by atoms with Crippen LogP contribution in [0.2, 0.25) is 0 Å². The fourth-order valence-corrected chi connectivity index (χ4v) is 7.02. The summed E-state index contributed by atoms with van der Waals surface area (Å²) in [4.78, 5) is 2.40. The Kier molecular flexibility index (Phi) is 6.88. The van der Waals surface area contributed by atoms with Gasteiger partial charge in [0.25, 0.3) is 0 Å². The third-order valence-corrected chi connectivity index (χ3v) is 9.49. The van der Waals surface area contributed by atoms with E-state index in [9.17, 15) is 0 Å². The Hall–Kier alpha value is -5.66. The van der Waals surface area contributed by atoms with E-state index < -0.39 is 0 Å². The van der Waals surface area contributed by atoms with Gasteiger partial charge in [-0.1, -0.05) is 153 Å². The van der Waals surface area contributed by atoms with Gasteiger partial charge in [-0.15, -0.1) is 0 Å². The van der Waals surface area contributed by atoms with Crippen LogP contribution in [0.15, 0.2) is 176 Å². The Morgan fingerprint density at radius 2 is 0.783 bits per heavy atom. The molecule has 8 rings (SSSR count). The van der Waals surface area contributed by atoms with Crippen LogP contribution in [-0.4, -0.2) is 0 Å². The molecule has 0 saturated carbocycles. The average Bonchev–Trinajstić information content (AvgIpc) is 3.35. The highest BCUT2D eigenvalue weighted by atomic mass is 15.1. The molecule has 0 amide bonds. The minimum atomic E-state index is -0.0763. The van der Waals surface area contributed by atoms with Crippen molar-refractivity contribution < 1.29 is 0 Å². The van der Waals surface area contributed by atoms with Crippen molar-refractivity contribution in [1.29, 1.82) is 0 Å². The molecule has 0 heterocycles. The van der Waals surface area contributed by atoms with Crippen molar-refractivity contribution in [2.75, 3.05) is 4.90 Å². The fraction of sp³-hybridized carbons (Fsp3) is 0.0667. The Bertz CT molecular complexity index is 2140. The predicted octanol–water partition coefficient (Wildman–Crippen LogP) is 12.5. The molecule has 46 heavy (non-hydrogen) atoms. The highest BCUT2D eigenvalue weighted by Crippen LogP contribution is 2.50. The molecule has 0 unspecified atom stereocenters. The van der Waals surface area contributed by atoms with Gasteiger partial charge in [0.15, 0.2) is 0 Å². The second-order valence-electron chi connectivity index (χ2n) is 12.6. The van der Waals surface area contributed by atoms with Gasteiger partial charge in [0.1, 0.15) is 0 Å². The van der Waals surface area contributed by atoms with Crippen LogP contribution >= 0.6 is 0 Å². The zero-order valence-electron chi connectivity index (χ0n) is 26.2. The Morgan fingerprint density at radius 3 is 1.43 bits per heavy atom. The van der Waals surface area contributed by atoms with Crippen LogP contribution in [0.5, 0.6) is 0 Å². The molecule has 1 heteroatoms. The van der Waals surface area contributed by atoms with E-state index in [-0.39, 0.29) is 5.41 Å². The van der Waals surface area contributed by atoms with Gasteiger partial charge in [-0.3, -0.25) is 0 Å². The van der Waals surface area contributed by atoms with Crippen molar-refractivity contribution in [2.24, 2.45) is 0 Å². The van der Waals surface area contributed by atoms with E-state index in [1.54, 1.807) is 0 Å². The largest absolute Gasteiger partial charge is 0.310 e. The van der Waals surface area contributed by atoms with E-state index in [1.807, 2.05) is 0 Å². The molecular weight excluding hydrogens is 555 g/mol. The third-order valence-electron chi connectivity index (χ3n) is 9.49. The molecule has 1 aliphatic carbocycles. The van der Waals surface area contributed by atoms with E-state index in [2.05, 4.69) is 195 Å². The third kappa shape index (κ3) is 4.91. The van der Waals surface area contributed by atoms with Crippen LogP contribution in [0.1, 0.15) is 25.0 Å². The fourth-order valence-electron chi connectivity index (χ4n) is 7.02. The van der Waals surface area contributed by atoms with Crippen LogP contribution < -0.4 is 4.90 Å². The molecule has 0 fully saturated rings. The number of fused-ring (bicyclic) bond motifs is 3. The summed E-state index contributed by atoms with van der Waals surface area (Å²) in [6.07, 6.45) is 0. The van der Waals surface area contributed by atoms with E-state index in [0.717, 1.165) is 17.1 Å². The lowest BCUT2D eigenvalue weighted by Gasteiger charge is -2.28.